The van der Waals surface area contributed by atoms with Crippen molar-refractivity contribution in [3.8, 4) is 5.75 Å². The van der Waals surface area contributed by atoms with Gasteiger partial charge >= 0.3 is 0 Å². The smallest absolute Gasteiger partial charge is 0.264 e. The second-order valence-corrected chi connectivity index (χ2v) is 9.26. The van der Waals surface area contributed by atoms with E-state index in [9.17, 15) is 9.59 Å². The molecule has 0 spiro atoms. The maximum absolute atomic E-state index is 13.3. The third kappa shape index (κ3) is 3.29. The zero-order chi connectivity index (χ0) is 21.7. The highest BCUT2D eigenvalue weighted by Gasteiger charge is 2.29. The molecule has 5 rings (SSSR count). The van der Waals surface area contributed by atoms with Gasteiger partial charge in [-0.2, -0.15) is 0 Å². The lowest BCUT2D eigenvalue weighted by Crippen LogP contribution is -2.46. The lowest BCUT2D eigenvalue weighted by Gasteiger charge is -2.37. The van der Waals surface area contributed by atoms with Gasteiger partial charge in [0.2, 0.25) is 0 Å². The second kappa shape index (κ2) is 7.67. The standard InChI is InChI=1S/C23H26N4O3S/c1-4-26-13-15(30-17-9-6-5-8-16(17)26)12-25(3)23(29)20-14(2)19-21(31-20)24-18-10-7-11-27(18)22(19)28/h5-6,8-9,15H,4,7,10-13H2,1-3H3/t15-/m1/s1. The number of likely N-dealkylation sites (N-methyl/N-ethyl adjacent to an activating group) is 2. The van der Waals surface area contributed by atoms with Crippen molar-refractivity contribution in [2.24, 2.45) is 0 Å². The third-order valence-corrected chi connectivity index (χ3v) is 7.41. The van der Waals surface area contributed by atoms with E-state index < -0.39 is 0 Å². The van der Waals surface area contributed by atoms with Crippen LogP contribution in [0.15, 0.2) is 29.1 Å². The summed E-state index contributed by atoms with van der Waals surface area (Å²) in [5.74, 6) is 1.60. The number of rotatable bonds is 4. The molecule has 0 aliphatic carbocycles. The van der Waals surface area contributed by atoms with Gasteiger partial charge in [-0.15, -0.1) is 11.3 Å². The molecule has 0 bridgehead atoms. The summed E-state index contributed by atoms with van der Waals surface area (Å²) >= 11 is 1.33. The fourth-order valence-electron chi connectivity index (χ4n) is 4.61. The van der Waals surface area contributed by atoms with E-state index in [1.54, 1.807) is 16.5 Å². The van der Waals surface area contributed by atoms with Crippen LogP contribution in [-0.2, 0) is 13.0 Å². The van der Waals surface area contributed by atoms with Gasteiger partial charge in [-0.3, -0.25) is 14.2 Å². The van der Waals surface area contributed by atoms with Crippen LogP contribution in [0.4, 0.5) is 5.69 Å². The first-order chi connectivity index (χ1) is 15.0. The van der Waals surface area contributed by atoms with Gasteiger partial charge in [-0.05, 0) is 38.0 Å². The summed E-state index contributed by atoms with van der Waals surface area (Å²) in [5.41, 5.74) is 1.82. The molecule has 2 aliphatic heterocycles. The molecule has 31 heavy (non-hydrogen) atoms. The molecule has 0 saturated heterocycles. The maximum atomic E-state index is 13.3. The first-order valence-electron chi connectivity index (χ1n) is 10.8. The molecular formula is C23H26N4O3S. The van der Waals surface area contributed by atoms with Gasteiger partial charge in [0, 0.05) is 26.6 Å². The number of para-hydroxylation sites is 2. The number of aromatic nitrogens is 2. The van der Waals surface area contributed by atoms with Gasteiger partial charge in [0.15, 0.2) is 0 Å². The largest absolute Gasteiger partial charge is 0.485 e. The van der Waals surface area contributed by atoms with Crippen LogP contribution >= 0.6 is 11.3 Å². The van der Waals surface area contributed by atoms with Crippen LogP contribution in [0.25, 0.3) is 10.2 Å². The Morgan fingerprint density at radius 2 is 2.16 bits per heavy atom. The first-order valence-corrected chi connectivity index (χ1v) is 11.6. The number of amides is 1. The Morgan fingerprint density at radius 3 is 2.97 bits per heavy atom. The Bertz CT molecular complexity index is 1230. The van der Waals surface area contributed by atoms with E-state index in [-0.39, 0.29) is 17.6 Å². The van der Waals surface area contributed by atoms with Crippen LogP contribution < -0.4 is 15.2 Å². The number of anilines is 1. The number of hydrogen-bond acceptors (Lipinski definition) is 6. The number of carbonyl (C=O) groups is 1. The molecule has 0 fully saturated rings. The Morgan fingerprint density at radius 1 is 1.35 bits per heavy atom. The molecule has 8 heteroatoms. The first kappa shape index (κ1) is 20.1. The number of nitrogens with zero attached hydrogens (tertiary/aromatic N) is 4. The monoisotopic (exact) mass is 438 g/mol. The molecule has 0 N–H and O–H groups in total. The topological polar surface area (TPSA) is 67.7 Å². The zero-order valence-electron chi connectivity index (χ0n) is 18.1. The number of fused-ring (bicyclic) bond motifs is 3. The molecule has 7 nitrogen and oxygen atoms in total. The molecular weight excluding hydrogens is 412 g/mol. The molecule has 3 aromatic rings. The Kier molecular flexibility index (Phi) is 4.97. The van der Waals surface area contributed by atoms with Crippen LogP contribution in [0.5, 0.6) is 5.75 Å². The zero-order valence-corrected chi connectivity index (χ0v) is 18.9. The van der Waals surface area contributed by atoms with Gasteiger partial charge in [0.05, 0.1) is 29.0 Å². The minimum atomic E-state index is -0.119. The predicted molar refractivity (Wildman–Crippen MR) is 123 cm³/mol. The average Bonchev–Trinajstić information content (AvgIpc) is 3.37. The third-order valence-electron chi connectivity index (χ3n) is 6.24. The van der Waals surface area contributed by atoms with Crippen molar-refractivity contribution in [3.63, 3.8) is 0 Å². The Hall–Kier alpha value is -2.87. The SMILES string of the molecule is CCN1C[C@@H](CN(C)C(=O)c2sc3nc4n(c(=O)c3c2C)CCC4)Oc2ccccc21. The van der Waals surface area contributed by atoms with Crippen molar-refractivity contribution in [1.29, 1.82) is 0 Å². The van der Waals surface area contributed by atoms with Crippen molar-refractivity contribution in [2.45, 2.75) is 39.3 Å². The van der Waals surface area contributed by atoms with Gasteiger partial charge in [-0.25, -0.2) is 4.98 Å². The van der Waals surface area contributed by atoms with Crippen LogP contribution in [0.3, 0.4) is 0 Å². The fraction of sp³-hybridized carbons (Fsp3) is 0.435. The van der Waals surface area contributed by atoms with E-state index in [1.165, 1.54) is 11.3 Å². The molecule has 1 amide bonds. The molecule has 2 aliphatic rings. The summed E-state index contributed by atoms with van der Waals surface area (Å²) in [7, 11) is 1.80. The van der Waals surface area contributed by atoms with E-state index in [1.807, 2.05) is 25.1 Å². The van der Waals surface area contributed by atoms with Gasteiger partial charge < -0.3 is 14.5 Å². The minimum Gasteiger partial charge on any atom is -0.485 e. The highest BCUT2D eigenvalue weighted by atomic mass is 32.1. The number of ether oxygens (including phenoxy) is 1. The van der Waals surface area contributed by atoms with Crippen molar-refractivity contribution in [1.82, 2.24) is 14.5 Å². The van der Waals surface area contributed by atoms with Gasteiger partial charge in [0.25, 0.3) is 11.5 Å². The maximum Gasteiger partial charge on any atom is 0.264 e. The van der Waals surface area contributed by atoms with Gasteiger partial charge in [-0.1, -0.05) is 12.1 Å². The minimum absolute atomic E-state index is 0.0150. The van der Waals surface area contributed by atoms with E-state index in [4.69, 9.17) is 4.74 Å². The van der Waals surface area contributed by atoms with Gasteiger partial charge in [0.1, 0.15) is 22.5 Å². The predicted octanol–water partition coefficient (Wildman–Crippen LogP) is 3.07. The average molecular weight is 439 g/mol. The number of carbonyl (C=O) groups excluding carboxylic acids is 1. The lowest BCUT2D eigenvalue weighted by molar-refractivity contribution is 0.0713. The second-order valence-electron chi connectivity index (χ2n) is 8.26. The Labute approximate surface area is 184 Å². The number of thiophene rings is 1. The van der Waals surface area contributed by atoms with Crippen molar-refractivity contribution in [2.75, 3.05) is 31.6 Å². The molecule has 0 unspecified atom stereocenters. The summed E-state index contributed by atoms with van der Waals surface area (Å²) in [4.78, 5) is 36.2. The van der Waals surface area contributed by atoms with Crippen LogP contribution in [-0.4, -0.2) is 53.1 Å². The highest BCUT2D eigenvalue weighted by molar-refractivity contribution is 7.20. The lowest BCUT2D eigenvalue weighted by atomic mass is 10.1. The van der Waals surface area contributed by atoms with Crippen molar-refractivity contribution >= 4 is 33.1 Å². The highest BCUT2D eigenvalue weighted by Crippen LogP contribution is 2.33. The van der Waals surface area contributed by atoms with E-state index >= 15 is 0 Å². The number of aryl methyl sites for hydroxylation is 2. The number of hydrogen-bond donors (Lipinski definition) is 0. The van der Waals surface area contributed by atoms with Crippen LogP contribution in [0.2, 0.25) is 0 Å². The molecule has 2 aromatic heterocycles. The van der Waals surface area contributed by atoms with E-state index in [2.05, 4.69) is 22.9 Å². The summed E-state index contributed by atoms with van der Waals surface area (Å²) in [6.45, 7) is 6.77. The summed E-state index contributed by atoms with van der Waals surface area (Å²) < 4.78 is 7.94. The molecule has 1 aromatic carbocycles. The fourth-order valence-corrected chi connectivity index (χ4v) is 5.80. The number of benzene rings is 1. The van der Waals surface area contributed by atoms with Crippen LogP contribution in [0.1, 0.15) is 34.4 Å². The molecule has 0 saturated carbocycles. The molecule has 1 atom stereocenters. The summed E-state index contributed by atoms with van der Waals surface area (Å²) in [6, 6.07) is 8.01. The normalized spacial score (nSPS) is 17.4. The summed E-state index contributed by atoms with van der Waals surface area (Å²) in [5, 5.41) is 0.590. The molecule has 0 radical (unpaired) electrons. The van der Waals surface area contributed by atoms with E-state index in [0.717, 1.165) is 48.8 Å². The van der Waals surface area contributed by atoms with E-state index in [0.29, 0.717) is 28.2 Å². The van der Waals surface area contributed by atoms with Crippen molar-refractivity contribution in [3.05, 3.63) is 50.9 Å². The Balaban J connectivity index is 1.40. The van der Waals surface area contributed by atoms with Crippen LogP contribution in [0, 0.1) is 6.92 Å². The molecule has 162 valence electrons. The summed E-state index contributed by atoms with van der Waals surface area (Å²) in [6.07, 6.45) is 1.65. The van der Waals surface area contributed by atoms with Crippen molar-refractivity contribution < 1.29 is 9.53 Å². The quantitative estimate of drug-likeness (QED) is 0.626. The molecule has 4 heterocycles.